The van der Waals surface area contributed by atoms with E-state index < -0.39 is 64.8 Å². The highest BCUT2D eigenvalue weighted by atomic mass is 19.4. The van der Waals surface area contributed by atoms with Crippen LogP contribution < -0.4 is 11.1 Å². The number of unbranched alkanes of at least 4 members (excludes halogenated alkanes) is 1. The molecule has 0 radical (unpaired) electrons. The fourth-order valence-electron chi connectivity index (χ4n) is 5.90. The molecule has 19 heteroatoms. The molecule has 0 unspecified atom stereocenters. The largest absolute Gasteiger partial charge is 0.481 e. The van der Waals surface area contributed by atoms with Gasteiger partial charge in [0.1, 0.15) is 11.9 Å². The monoisotopic (exact) mass is 910 g/mol. The van der Waals surface area contributed by atoms with Crippen LogP contribution in [0.15, 0.2) is 72.9 Å². The second-order valence-electron chi connectivity index (χ2n) is 15.5. The van der Waals surface area contributed by atoms with Gasteiger partial charge < -0.3 is 35.5 Å². The smallest absolute Gasteiger partial charge is 0.451 e. The molecule has 64 heavy (non-hydrogen) atoms. The topological polar surface area (TPSA) is 190 Å². The number of alkyl halides is 3. The number of halogens is 6. The first-order valence-corrected chi connectivity index (χ1v) is 21.0. The van der Waals surface area contributed by atoms with Crippen molar-refractivity contribution < 1.29 is 60.5 Å². The predicted molar refractivity (Wildman–Crippen MR) is 227 cm³/mol. The maximum Gasteiger partial charge on any atom is 0.451 e. The van der Waals surface area contributed by atoms with Crippen LogP contribution in [0.3, 0.4) is 0 Å². The highest BCUT2D eigenvalue weighted by Crippen LogP contribution is 2.29. The summed E-state index contributed by atoms with van der Waals surface area (Å²) in [5.41, 5.74) is 4.65. The molecule has 1 aromatic carbocycles. The van der Waals surface area contributed by atoms with Crippen LogP contribution in [0.1, 0.15) is 102 Å². The van der Waals surface area contributed by atoms with Gasteiger partial charge in [-0.1, -0.05) is 81.5 Å². The van der Waals surface area contributed by atoms with Crippen molar-refractivity contribution in [1.29, 1.82) is 0 Å². The molecule has 2 amide bonds. The summed E-state index contributed by atoms with van der Waals surface area (Å²) in [6.45, 7) is 4.87. The van der Waals surface area contributed by atoms with Crippen LogP contribution in [-0.2, 0) is 49.6 Å². The molecule has 13 nitrogen and oxygen atoms in total. The van der Waals surface area contributed by atoms with Crippen LogP contribution in [-0.4, -0.2) is 85.5 Å². The average molecular weight is 911 g/mol. The van der Waals surface area contributed by atoms with E-state index in [0.717, 1.165) is 43.1 Å². The van der Waals surface area contributed by atoms with Crippen molar-refractivity contribution >= 4 is 23.8 Å². The molecule has 1 aliphatic heterocycles. The molecule has 0 fully saturated rings. The summed E-state index contributed by atoms with van der Waals surface area (Å²) in [6.07, 6.45) is 21.1. The van der Waals surface area contributed by atoms with E-state index in [1.165, 1.54) is 4.90 Å². The second kappa shape index (κ2) is 28.3. The zero-order valence-electron chi connectivity index (χ0n) is 36.5. The number of aliphatic hydroxyl groups is 1. The van der Waals surface area contributed by atoms with E-state index in [1.807, 2.05) is 6.08 Å². The van der Waals surface area contributed by atoms with Crippen molar-refractivity contribution in [1.82, 2.24) is 25.0 Å². The van der Waals surface area contributed by atoms with Crippen molar-refractivity contribution in [2.75, 3.05) is 19.7 Å². The van der Waals surface area contributed by atoms with Gasteiger partial charge >= 0.3 is 18.1 Å². The number of carboxylic acids is 1. The van der Waals surface area contributed by atoms with Crippen molar-refractivity contribution in [3.63, 3.8) is 0 Å². The van der Waals surface area contributed by atoms with Gasteiger partial charge in [-0.3, -0.25) is 19.2 Å². The van der Waals surface area contributed by atoms with Crippen LogP contribution in [0.25, 0.3) is 0 Å². The van der Waals surface area contributed by atoms with Crippen molar-refractivity contribution in [3.05, 3.63) is 108 Å². The molecule has 3 rings (SSSR count). The molecule has 0 saturated carbocycles. The van der Waals surface area contributed by atoms with Crippen LogP contribution in [0, 0.1) is 22.9 Å². The molecular weight excluding hydrogens is 851 g/mol. The van der Waals surface area contributed by atoms with E-state index in [0.29, 0.717) is 18.6 Å². The zero-order valence-corrected chi connectivity index (χ0v) is 36.5. The Morgan fingerprint density at radius 2 is 1.44 bits per heavy atom. The Balaban J connectivity index is 0.000000451. The quantitative estimate of drug-likeness (QED) is 0.0271. The lowest BCUT2D eigenvalue weighted by molar-refractivity contribution is -0.153. The molecule has 0 spiro atoms. The lowest BCUT2D eigenvalue weighted by atomic mass is 9.87. The highest BCUT2D eigenvalue weighted by Gasteiger charge is 2.40. The minimum absolute atomic E-state index is 0.000783. The van der Waals surface area contributed by atoms with Gasteiger partial charge in [0.15, 0.2) is 17.5 Å². The first kappa shape index (κ1) is 54.6. The number of nitrogens with zero attached hydrogens (tertiary/aromatic N) is 4. The number of amides is 2. The van der Waals surface area contributed by atoms with Crippen LogP contribution in [0.5, 0.6) is 0 Å². The second-order valence-corrected chi connectivity index (χ2v) is 15.5. The molecule has 2 atom stereocenters. The summed E-state index contributed by atoms with van der Waals surface area (Å²) in [5.74, 6) is -7.25. The van der Waals surface area contributed by atoms with Gasteiger partial charge in [-0.15, -0.1) is 10.2 Å². The Morgan fingerprint density at radius 1 is 0.859 bits per heavy atom. The number of hydrogen-bond donors (Lipinski definition) is 4. The maximum absolute atomic E-state index is 13.7. The van der Waals surface area contributed by atoms with E-state index in [-0.39, 0.29) is 75.8 Å². The Hall–Kier alpha value is -5.56. The third-order valence-electron chi connectivity index (χ3n) is 9.51. The van der Waals surface area contributed by atoms with E-state index >= 15 is 0 Å². The van der Waals surface area contributed by atoms with Gasteiger partial charge in [0.25, 0.3) is 0 Å². The summed E-state index contributed by atoms with van der Waals surface area (Å²) >= 11 is 0. The van der Waals surface area contributed by atoms with E-state index in [1.54, 1.807) is 13.8 Å². The minimum atomic E-state index is -4.64. The third-order valence-corrected chi connectivity index (χ3v) is 9.51. The third kappa shape index (κ3) is 20.7. The van der Waals surface area contributed by atoms with Gasteiger partial charge in [0.05, 0.1) is 19.6 Å². The molecular formula is C45H60F6N6O7. The minimum Gasteiger partial charge on any atom is -0.481 e. The number of ether oxygens (including phenoxy) is 1. The van der Waals surface area contributed by atoms with Crippen molar-refractivity contribution in [2.45, 2.75) is 123 Å². The SMILES string of the molecule is CC/C=C\C/C=C\C/C=C\C/C=C\C/C=C\CCCC(=O)OCC(C)(C)[C@@H](O)C(=O)NCCC(=O)O.N[C@@H](CC(=O)N1CCn2c(nnc2C(F)(F)F)C1)Cc1cc(F)c(F)cc1F. The highest BCUT2D eigenvalue weighted by molar-refractivity contribution is 5.82. The van der Waals surface area contributed by atoms with Crippen molar-refractivity contribution in [3.8, 4) is 0 Å². The summed E-state index contributed by atoms with van der Waals surface area (Å²) in [6, 6.07) is 0.184. The molecule has 0 aliphatic carbocycles. The lowest BCUT2D eigenvalue weighted by Gasteiger charge is -2.29. The van der Waals surface area contributed by atoms with Crippen LogP contribution in [0.4, 0.5) is 26.3 Å². The number of aromatic nitrogens is 3. The van der Waals surface area contributed by atoms with Crippen molar-refractivity contribution in [2.24, 2.45) is 11.1 Å². The number of nitrogens with one attached hydrogen (secondary N) is 1. The predicted octanol–water partition coefficient (Wildman–Crippen LogP) is 7.45. The van der Waals surface area contributed by atoms with Gasteiger partial charge in [-0.2, -0.15) is 13.2 Å². The molecule has 354 valence electrons. The van der Waals surface area contributed by atoms with Gasteiger partial charge in [-0.25, -0.2) is 13.2 Å². The number of benzene rings is 1. The Morgan fingerprint density at radius 3 is 2.02 bits per heavy atom. The number of rotatable bonds is 24. The van der Waals surface area contributed by atoms with Gasteiger partial charge in [0.2, 0.25) is 17.6 Å². The number of nitrogens with two attached hydrogens (primary N) is 1. The number of carbonyl (C=O) groups excluding carboxylic acids is 3. The summed E-state index contributed by atoms with van der Waals surface area (Å²) < 4.78 is 84.5. The molecule has 0 saturated heterocycles. The number of esters is 1. The normalized spacial score (nSPS) is 14.3. The molecule has 5 N–H and O–H groups in total. The number of allylic oxidation sites excluding steroid dienone is 10. The summed E-state index contributed by atoms with van der Waals surface area (Å²) in [5, 5.41) is 27.7. The van der Waals surface area contributed by atoms with Gasteiger partial charge in [-0.05, 0) is 63.0 Å². The first-order chi connectivity index (χ1) is 30.3. The van der Waals surface area contributed by atoms with E-state index in [4.69, 9.17) is 15.6 Å². The van der Waals surface area contributed by atoms with Crippen LogP contribution in [0.2, 0.25) is 0 Å². The van der Waals surface area contributed by atoms with Crippen LogP contribution >= 0.6 is 0 Å². The number of carbonyl (C=O) groups is 4. The Bertz CT molecular complexity index is 1960. The molecule has 1 aromatic heterocycles. The average Bonchev–Trinajstić information content (AvgIpc) is 3.67. The van der Waals surface area contributed by atoms with E-state index in [9.17, 15) is 50.6 Å². The Kier molecular flexibility index (Phi) is 24.1. The lowest BCUT2D eigenvalue weighted by Crippen LogP contribution is -2.46. The van der Waals surface area contributed by atoms with Gasteiger partial charge in [0, 0.05) is 50.0 Å². The fraction of sp³-hybridized carbons (Fsp3) is 0.511. The summed E-state index contributed by atoms with van der Waals surface area (Å²) in [4.78, 5) is 48.0. The number of carboxylic acid groups (broad SMARTS) is 1. The number of aliphatic carboxylic acids is 1. The molecule has 2 aromatic rings. The Labute approximate surface area is 369 Å². The first-order valence-electron chi connectivity index (χ1n) is 21.0. The molecule has 1 aliphatic rings. The molecule has 0 bridgehead atoms. The van der Waals surface area contributed by atoms with E-state index in [2.05, 4.69) is 77.1 Å². The number of aliphatic hydroxyl groups excluding tert-OH is 1. The molecule has 2 heterocycles. The number of fused-ring (bicyclic) bond motifs is 1. The number of hydrogen-bond acceptors (Lipinski definition) is 9. The fourth-order valence-corrected chi connectivity index (χ4v) is 5.90. The maximum atomic E-state index is 13.7. The zero-order chi connectivity index (χ0) is 47.7. The summed E-state index contributed by atoms with van der Waals surface area (Å²) in [7, 11) is 0. The standard InChI is InChI=1S/C29H45NO6.C16H15F6N5O/c1-4-5-6-7-8-9-10-11-12-13-14-15-16-17-18-19-20-21-26(33)36-24-29(2,3)27(34)28(35)30-23-22-25(31)32;17-10-6-12(19)11(18)4-8(10)3-9(23)5-14(28)26-1-2-27-13(7-26)24-25-15(27)16(20,21)22/h5-6,8-9,11-12,14-15,17-18,27,34H,4,7,10,13,16,19-24H2,1-3H3,(H,30,35)(H,31,32);4,6,9H,1-3,5,7,23H2/b6-5-,9-8-,12-11-,15-14-,18-17-;/t27-;9-/m01/s1.